The van der Waals surface area contributed by atoms with Gasteiger partial charge in [0.1, 0.15) is 0 Å². The standard InChI is InChI=1S/C15H25N3S/c1-3-13-11-18(8-9-19-13)15(14(16)4-2)12-6-5-7-17-10-12/h5-7,10,13-15H,3-4,8-9,11,16H2,1-2H3. The number of aromatic nitrogens is 1. The van der Waals surface area contributed by atoms with E-state index in [1.807, 2.05) is 18.5 Å². The van der Waals surface area contributed by atoms with Crippen LogP contribution in [0.15, 0.2) is 24.5 Å². The van der Waals surface area contributed by atoms with E-state index in [1.54, 1.807) is 0 Å². The Labute approximate surface area is 121 Å². The van der Waals surface area contributed by atoms with E-state index < -0.39 is 0 Å². The molecule has 0 radical (unpaired) electrons. The van der Waals surface area contributed by atoms with Crippen LogP contribution in [0.2, 0.25) is 0 Å². The minimum absolute atomic E-state index is 0.185. The van der Waals surface area contributed by atoms with E-state index in [2.05, 4.69) is 41.6 Å². The number of rotatable bonds is 5. The fraction of sp³-hybridized carbons (Fsp3) is 0.667. The molecular formula is C15H25N3S. The molecule has 1 aliphatic heterocycles. The molecule has 1 aliphatic rings. The van der Waals surface area contributed by atoms with Crippen LogP contribution < -0.4 is 5.73 Å². The summed E-state index contributed by atoms with van der Waals surface area (Å²) >= 11 is 2.10. The molecule has 106 valence electrons. The fourth-order valence-electron chi connectivity index (χ4n) is 2.74. The Morgan fingerprint density at radius 3 is 3.00 bits per heavy atom. The molecule has 19 heavy (non-hydrogen) atoms. The maximum absolute atomic E-state index is 6.39. The van der Waals surface area contributed by atoms with Gasteiger partial charge >= 0.3 is 0 Å². The van der Waals surface area contributed by atoms with Gasteiger partial charge < -0.3 is 5.73 Å². The van der Waals surface area contributed by atoms with Gasteiger partial charge in [0, 0.05) is 42.5 Å². The fourth-order valence-corrected chi connectivity index (χ4v) is 3.95. The molecular weight excluding hydrogens is 254 g/mol. The third-order valence-electron chi connectivity index (χ3n) is 3.92. The summed E-state index contributed by atoms with van der Waals surface area (Å²) in [6, 6.07) is 4.68. The van der Waals surface area contributed by atoms with Crippen LogP contribution in [-0.4, -0.2) is 40.0 Å². The van der Waals surface area contributed by atoms with E-state index in [0.717, 1.165) is 24.8 Å². The number of hydrogen-bond acceptors (Lipinski definition) is 4. The average Bonchev–Trinajstić information content (AvgIpc) is 2.48. The Kier molecular flexibility index (Phi) is 5.67. The largest absolute Gasteiger partial charge is 0.326 e. The van der Waals surface area contributed by atoms with Crippen molar-refractivity contribution in [3.05, 3.63) is 30.1 Å². The molecule has 1 fully saturated rings. The predicted molar refractivity (Wildman–Crippen MR) is 83.4 cm³/mol. The Morgan fingerprint density at radius 1 is 1.53 bits per heavy atom. The van der Waals surface area contributed by atoms with Crippen molar-refractivity contribution in [2.24, 2.45) is 5.73 Å². The summed E-state index contributed by atoms with van der Waals surface area (Å²) in [6.07, 6.45) is 6.05. The first-order valence-electron chi connectivity index (χ1n) is 7.27. The Balaban J connectivity index is 2.18. The highest BCUT2D eigenvalue weighted by atomic mass is 32.2. The molecule has 1 saturated heterocycles. The van der Waals surface area contributed by atoms with Crippen LogP contribution in [0.1, 0.15) is 38.3 Å². The molecule has 3 unspecified atom stereocenters. The quantitative estimate of drug-likeness (QED) is 0.900. The maximum atomic E-state index is 6.39. The van der Waals surface area contributed by atoms with Crippen LogP contribution in [0, 0.1) is 0 Å². The monoisotopic (exact) mass is 279 g/mol. The van der Waals surface area contributed by atoms with Crippen molar-refractivity contribution in [1.82, 2.24) is 9.88 Å². The Bertz CT molecular complexity index is 371. The van der Waals surface area contributed by atoms with E-state index in [1.165, 1.54) is 17.7 Å². The summed E-state index contributed by atoms with van der Waals surface area (Å²) in [5.41, 5.74) is 7.65. The van der Waals surface area contributed by atoms with E-state index >= 15 is 0 Å². The van der Waals surface area contributed by atoms with Gasteiger partial charge in [-0.05, 0) is 24.5 Å². The molecule has 2 heterocycles. The van der Waals surface area contributed by atoms with Crippen LogP contribution in [0.25, 0.3) is 0 Å². The average molecular weight is 279 g/mol. The second-order valence-electron chi connectivity index (χ2n) is 5.20. The molecule has 1 aromatic rings. The lowest BCUT2D eigenvalue weighted by molar-refractivity contribution is 0.173. The third kappa shape index (κ3) is 3.71. The summed E-state index contributed by atoms with van der Waals surface area (Å²) in [6.45, 7) is 6.73. The lowest BCUT2D eigenvalue weighted by atomic mass is 9.97. The molecule has 2 rings (SSSR count). The summed E-state index contributed by atoms with van der Waals surface area (Å²) in [5, 5.41) is 0.747. The minimum atomic E-state index is 0.185. The second-order valence-corrected chi connectivity index (χ2v) is 6.61. The zero-order chi connectivity index (χ0) is 13.7. The van der Waals surface area contributed by atoms with Gasteiger partial charge in [-0.2, -0.15) is 11.8 Å². The molecule has 3 nitrogen and oxygen atoms in total. The molecule has 4 heteroatoms. The van der Waals surface area contributed by atoms with Crippen molar-refractivity contribution >= 4 is 11.8 Å². The molecule has 1 aromatic heterocycles. The van der Waals surface area contributed by atoms with Crippen molar-refractivity contribution < 1.29 is 0 Å². The topological polar surface area (TPSA) is 42.2 Å². The molecule has 2 N–H and O–H groups in total. The van der Waals surface area contributed by atoms with Gasteiger partial charge in [-0.1, -0.05) is 19.9 Å². The number of thioether (sulfide) groups is 1. The van der Waals surface area contributed by atoms with E-state index in [4.69, 9.17) is 5.73 Å². The lowest BCUT2D eigenvalue weighted by Gasteiger charge is -2.40. The number of nitrogens with zero attached hydrogens (tertiary/aromatic N) is 2. The minimum Gasteiger partial charge on any atom is -0.326 e. The van der Waals surface area contributed by atoms with Crippen LogP contribution in [0.4, 0.5) is 0 Å². The van der Waals surface area contributed by atoms with Crippen molar-refractivity contribution in [2.75, 3.05) is 18.8 Å². The van der Waals surface area contributed by atoms with Crippen molar-refractivity contribution in [2.45, 2.75) is 44.0 Å². The summed E-state index contributed by atoms with van der Waals surface area (Å²) in [7, 11) is 0. The van der Waals surface area contributed by atoms with Gasteiger partial charge in [-0.3, -0.25) is 9.88 Å². The molecule has 0 bridgehead atoms. The highest BCUT2D eigenvalue weighted by molar-refractivity contribution is 8.00. The zero-order valence-electron chi connectivity index (χ0n) is 12.0. The molecule has 0 spiro atoms. The number of pyridine rings is 1. The van der Waals surface area contributed by atoms with E-state index in [-0.39, 0.29) is 6.04 Å². The smallest absolute Gasteiger partial charge is 0.0515 e. The summed E-state index contributed by atoms with van der Waals surface area (Å²) < 4.78 is 0. The van der Waals surface area contributed by atoms with Crippen LogP contribution in [-0.2, 0) is 0 Å². The highest BCUT2D eigenvalue weighted by Crippen LogP contribution is 2.30. The Morgan fingerprint density at radius 2 is 2.37 bits per heavy atom. The predicted octanol–water partition coefficient (Wildman–Crippen LogP) is 2.69. The van der Waals surface area contributed by atoms with Gasteiger partial charge in [-0.15, -0.1) is 0 Å². The Hall–Kier alpha value is -0.580. The summed E-state index contributed by atoms with van der Waals surface area (Å²) in [5.74, 6) is 1.21. The molecule has 3 atom stereocenters. The second kappa shape index (κ2) is 7.27. The van der Waals surface area contributed by atoms with Gasteiger partial charge in [0.05, 0.1) is 6.04 Å². The van der Waals surface area contributed by atoms with E-state index in [0.29, 0.717) is 6.04 Å². The molecule has 0 amide bonds. The first kappa shape index (κ1) is 14.8. The van der Waals surface area contributed by atoms with Gasteiger partial charge in [0.25, 0.3) is 0 Å². The van der Waals surface area contributed by atoms with Gasteiger partial charge in [0.15, 0.2) is 0 Å². The number of hydrogen-bond donors (Lipinski definition) is 1. The molecule has 0 aromatic carbocycles. The van der Waals surface area contributed by atoms with E-state index in [9.17, 15) is 0 Å². The highest BCUT2D eigenvalue weighted by Gasteiger charge is 2.29. The lowest BCUT2D eigenvalue weighted by Crippen LogP contribution is -2.46. The maximum Gasteiger partial charge on any atom is 0.0515 e. The zero-order valence-corrected chi connectivity index (χ0v) is 12.8. The van der Waals surface area contributed by atoms with Crippen molar-refractivity contribution in [1.29, 1.82) is 0 Å². The van der Waals surface area contributed by atoms with Crippen molar-refractivity contribution in [3.8, 4) is 0 Å². The van der Waals surface area contributed by atoms with Crippen LogP contribution in [0.3, 0.4) is 0 Å². The van der Waals surface area contributed by atoms with Crippen LogP contribution in [0.5, 0.6) is 0 Å². The number of nitrogens with two attached hydrogens (primary N) is 1. The molecule has 0 aliphatic carbocycles. The molecule has 0 saturated carbocycles. The SMILES string of the molecule is CCC1CN(C(c2cccnc2)C(N)CC)CCS1. The first-order chi connectivity index (χ1) is 9.26. The normalized spacial score (nSPS) is 24.1. The summed E-state index contributed by atoms with van der Waals surface area (Å²) in [4.78, 5) is 6.83. The first-order valence-corrected chi connectivity index (χ1v) is 8.32. The van der Waals surface area contributed by atoms with Gasteiger partial charge in [-0.25, -0.2) is 0 Å². The van der Waals surface area contributed by atoms with Gasteiger partial charge in [0.2, 0.25) is 0 Å². The third-order valence-corrected chi connectivity index (χ3v) is 5.29. The van der Waals surface area contributed by atoms with Crippen molar-refractivity contribution in [3.63, 3.8) is 0 Å². The van der Waals surface area contributed by atoms with Crippen LogP contribution >= 0.6 is 11.8 Å².